The van der Waals surface area contributed by atoms with Crippen LogP contribution in [-0.2, 0) is 0 Å². The Hall–Kier alpha value is -3.40. The van der Waals surface area contributed by atoms with Gasteiger partial charge in [0.15, 0.2) is 11.6 Å². The zero-order valence-corrected chi connectivity index (χ0v) is 37.8. The second kappa shape index (κ2) is 34.9. The number of hydrogen-bond donors (Lipinski definition) is 0. The Kier molecular flexibility index (Phi) is 36.6. The summed E-state index contributed by atoms with van der Waals surface area (Å²) in [4.78, 5) is 0. The minimum absolute atomic E-state index is 0. The van der Waals surface area contributed by atoms with E-state index in [9.17, 15) is 17.6 Å². The third kappa shape index (κ3) is 25.3. The van der Waals surface area contributed by atoms with Crippen molar-refractivity contribution < 1.29 is 17.6 Å². The molecule has 0 unspecified atom stereocenters. The lowest BCUT2D eigenvalue weighted by Gasteiger charge is -2.35. The molecule has 4 aromatic rings. The molecule has 0 aromatic heterocycles. The summed E-state index contributed by atoms with van der Waals surface area (Å²) in [7, 11) is 0. The topological polar surface area (TPSA) is 0 Å². The van der Waals surface area contributed by atoms with Gasteiger partial charge in [0.2, 0.25) is 0 Å². The molecule has 3 aliphatic carbocycles. The van der Waals surface area contributed by atoms with Crippen LogP contribution in [0.2, 0.25) is 0 Å². The third-order valence-electron chi connectivity index (χ3n) is 12.9. The molecular weight excluding hydrogens is 797 g/mol. The van der Waals surface area contributed by atoms with Crippen molar-refractivity contribution in [3.05, 3.63) is 141 Å². The molecule has 64 heavy (non-hydrogen) atoms. The van der Waals surface area contributed by atoms with Crippen LogP contribution in [0.5, 0.6) is 0 Å². The van der Waals surface area contributed by atoms with Crippen LogP contribution in [0.4, 0.5) is 17.6 Å². The van der Waals surface area contributed by atoms with Gasteiger partial charge >= 0.3 is 0 Å². The molecule has 3 aliphatic rings. The summed E-state index contributed by atoms with van der Waals surface area (Å²) < 4.78 is 50.4. The molecule has 3 fully saturated rings. The van der Waals surface area contributed by atoms with E-state index in [0.717, 1.165) is 46.6 Å². The summed E-state index contributed by atoms with van der Waals surface area (Å²) in [6.45, 7) is 19.4. The molecular formula is C60H100F4. The summed E-state index contributed by atoms with van der Waals surface area (Å²) in [6.07, 6.45) is 21.7. The van der Waals surface area contributed by atoms with Gasteiger partial charge in [-0.15, -0.1) is 0 Å². The van der Waals surface area contributed by atoms with E-state index in [4.69, 9.17) is 0 Å². The molecule has 0 heterocycles. The molecule has 0 bridgehead atoms. The Morgan fingerprint density at radius 2 is 0.547 bits per heavy atom. The maximum atomic E-state index is 12.6. The Bertz CT molecular complexity index is 1620. The number of aryl methyl sites for hydroxylation is 8. The molecule has 4 heteroatoms. The van der Waals surface area contributed by atoms with E-state index in [2.05, 4.69) is 52.0 Å². The van der Waals surface area contributed by atoms with Gasteiger partial charge in [0.25, 0.3) is 0 Å². The average Bonchev–Trinajstić information content (AvgIpc) is 3.20. The van der Waals surface area contributed by atoms with E-state index in [1.165, 1.54) is 62.8 Å². The quantitative estimate of drug-likeness (QED) is 0.179. The van der Waals surface area contributed by atoms with Crippen LogP contribution in [-0.4, -0.2) is 0 Å². The lowest BCUT2D eigenvalue weighted by molar-refractivity contribution is 0.168. The van der Waals surface area contributed by atoms with Gasteiger partial charge in [0.05, 0.1) is 0 Å². The highest BCUT2D eigenvalue weighted by Gasteiger charge is 2.28. The van der Waals surface area contributed by atoms with Crippen molar-refractivity contribution in [1.82, 2.24) is 0 Å². The van der Waals surface area contributed by atoms with Crippen molar-refractivity contribution in [2.45, 2.75) is 204 Å². The zero-order valence-electron chi connectivity index (χ0n) is 37.8. The van der Waals surface area contributed by atoms with Crippen LogP contribution < -0.4 is 0 Å². The normalized spacial score (nSPS) is 20.5. The fourth-order valence-corrected chi connectivity index (χ4v) is 8.55. The molecule has 0 aliphatic heterocycles. The highest BCUT2D eigenvalue weighted by atomic mass is 19.2. The van der Waals surface area contributed by atoms with E-state index in [1.54, 1.807) is 102 Å². The highest BCUT2D eigenvalue weighted by molar-refractivity contribution is 5.24. The smallest absolute Gasteiger partial charge is 0.161 e. The van der Waals surface area contributed by atoms with Gasteiger partial charge in [0.1, 0.15) is 11.6 Å². The number of hydrogen-bond acceptors (Lipinski definition) is 0. The van der Waals surface area contributed by atoms with E-state index in [-0.39, 0.29) is 56.2 Å². The lowest BCUT2D eigenvalue weighted by atomic mass is 9.70. The van der Waals surface area contributed by atoms with Crippen molar-refractivity contribution in [2.75, 3.05) is 0 Å². The zero-order chi connectivity index (χ0) is 42.8. The molecule has 0 atom stereocenters. The Morgan fingerprint density at radius 3 is 0.781 bits per heavy atom. The number of halogens is 4. The summed E-state index contributed by atoms with van der Waals surface area (Å²) in [5.41, 5.74) is 6.72. The highest BCUT2D eigenvalue weighted by Crippen LogP contribution is 2.41. The third-order valence-corrected chi connectivity index (χ3v) is 12.9. The van der Waals surface area contributed by atoms with Crippen molar-refractivity contribution in [3.63, 3.8) is 0 Å². The van der Waals surface area contributed by atoms with Gasteiger partial charge in [0, 0.05) is 0 Å². The Morgan fingerprint density at radius 1 is 0.328 bits per heavy atom. The molecule has 0 nitrogen and oxygen atoms in total. The minimum atomic E-state index is -0.736. The van der Waals surface area contributed by atoms with Gasteiger partial charge in [-0.2, -0.15) is 0 Å². The first-order chi connectivity index (χ1) is 27.5. The minimum Gasteiger partial charge on any atom is -0.207 e. The second-order valence-electron chi connectivity index (χ2n) is 18.6. The van der Waals surface area contributed by atoms with Gasteiger partial charge in [-0.05, 0) is 149 Å². The van der Waals surface area contributed by atoms with Crippen LogP contribution in [0.25, 0.3) is 0 Å². The molecule has 368 valence electrons. The van der Waals surface area contributed by atoms with Crippen LogP contribution in [0, 0.1) is 114 Å². The molecule has 0 N–H and O–H groups in total. The monoisotopic (exact) mass is 897 g/mol. The van der Waals surface area contributed by atoms with E-state index >= 15 is 0 Å². The van der Waals surface area contributed by atoms with Crippen LogP contribution in [0.1, 0.15) is 193 Å². The lowest BCUT2D eigenvalue weighted by Crippen LogP contribution is -2.22. The summed E-state index contributed by atoms with van der Waals surface area (Å²) in [5, 5.41) is 0. The molecule has 4 aromatic carbocycles. The number of rotatable bonds is 4. The summed E-state index contributed by atoms with van der Waals surface area (Å²) in [5.74, 6) is 4.72. The Balaban J connectivity index is -0.000000368. The standard InChI is InChI=1S/C22H40.C8H8F2.2C8H9F.C8H10.6CH4/c1-17-3-7-19(8-4-17)15-21-11-13-22(14-12-21)16-20-9-5-18(2)6-10-20;1-5-3-4-6(2)8(10)7(5)9;2*1-6-3-4-7(2)8(9)5-6;1-7-3-5-8(2)6-4-7;;;;;;/h17-22H,3-16H2,1-2H3;3-4H,1-2H3;2*3-5H,1-2H3;3-6H,1-2H3;6*1H4. The van der Waals surface area contributed by atoms with Gasteiger partial charge in [-0.3, -0.25) is 0 Å². The first-order valence-electron chi connectivity index (χ1n) is 22.4. The molecule has 3 saturated carbocycles. The molecule has 7 rings (SSSR count). The van der Waals surface area contributed by atoms with E-state index in [0.29, 0.717) is 22.3 Å². The van der Waals surface area contributed by atoms with Crippen molar-refractivity contribution in [1.29, 1.82) is 0 Å². The fraction of sp³-hybridized carbons (Fsp3) is 0.600. The molecule has 0 saturated heterocycles. The van der Waals surface area contributed by atoms with Crippen LogP contribution in [0.15, 0.2) is 72.8 Å². The maximum absolute atomic E-state index is 12.6. The SMILES string of the molecule is C.C.C.C.C.C.CC1CCC(CC2CCC(CC3CCC(C)CC3)CC2)CC1.Cc1ccc(C)c(F)c1.Cc1ccc(C)c(F)c1.Cc1ccc(C)c(F)c1F.Cc1ccc(C)cc1. The largest absolute Gasteiger partial charge is 0.207 e. The predicted molar refractivity (Wildman–Crippen MR) is 281 cm³/mol. The van der Waals surface area contributed by atoms with E-state index in [1.807, 2.05) is 26.0 Å². The van der Waals surface area contributed by atoms with Gasteiger partial charge in [-0.1, -0.05) is 207 Å². The second-order valence-corrected chi connectivity index (χ2v) is 18.6. The van der Waals surface area contributed by atoms with Crippen LogP contribution >= 0.6 is 0 Å². The van der Waals surface area contributed by atoms with Crippen molar-refractivity contribution >= 4 is 0 Å². The Labute approximate surface area is 395 Å². The maximum Gasteiger partial charge on any atom is 0.161 e. The first kappa shape index (κ1) is 67.2. The van der Waals surface area contributed by atoms with Gasteiger partial charge < -0.3 is 0 Å². The number of benzene rings is 4. The van der Waals surface area contributed by atoms with Crippen molar-refractivity contribution in [3.8, 4) is 0 Å². The van der Waals surface area contributed by atoms with Crippen LogP contribution in [0.3, 0.4) is 0 Å². The average molecular weight is 897 g/mol. The molecule has 0 spiro atoms. The van der Waals surface area contributed by atoms with Gasteiger partial charge in [-0.25, -0.2) is 17.6 Å². The summed E-state index contributed by atoms with van der Waals surface area (Å²) in [6, 6.07) is 22.0. The molecule has 0 amide bonds. The first-order valence-corrected chi connectivity index (χ1v) is 22.4. The summed E-state index contributed by atoms with van der Waals surface area (Å²) >= 11 is 0. The molecule has 0 radical (unpaired) electrons. The predicted octanol–water partition coefficient (Wildman–Crippen LogP) is 20.8. The van der Waals surface area contributed by atoms with Crippen molar-refractivity contribution in [2.24, 2.45) is 35.5 Å². The fourth-order valence-electron chi connectivity index (χ4n) is 8.55. The van der Waals surface area contributed by atoms with E-state index < -0.39 is 11.6 Å².